The van der Waals surface area contributed by atoms with Crippen LogP contribution in [0.1, 0.15) is 68.9 Å². The van der Waals surface area contributed by atoms with Gasteiger partial charge in [-0.1, -0.05) is 37.3 Å². The molecule has 1 aromatic heterocycles. The van der Waals surface area contributed by atoms with Crippen molar-refractivity contribution in [2.75, 3.05) is 26.9 Å². The highest BCUT2D eigenvalue weighted by Crippen LogP contribution is 2.39. The Kier molecular flexibility index (Phi) is 8.67. The fourth-order valence-corrected chi connectivity index (χ4v) is 4.96. The minimum Gasteiger partial charge on any atom is -0.493 e. The Morgan fingerprint density at radius 1 is 1.22 bits per heavy atom. The molecule has 2 fully saturated rings. The fraction of sp³-hybridized carbons (Fsp3) is 0.600. The van der Waals surface area contributed by atoms with Crippen LogP contribution < -0.4 is 10.5 Å². The molecule has 0 radical (unpaired) electrons. The van der Waals surface area contributed by atoms with Gasteiger partial charge in [-0.25, -0.2) is 0 Å². The summed E-state index contributed by atoms with van der Waals surface area (Å²) >= 11 is 0. The van der Waals surface area contributed by atoms with Gasteiger partial charge in [-0.3, -0.25) is 4.79 Å². The maximum absolute atomic E-state index is 13.9. The van der Waals surface area contributed by atoms with Crippen LogP contribution in [0.2, 0.25) is 0 Å². The second-order valence-corrected chi connectivity index (χ2v) is 9.45. The van der Waals surface area contributed by atoms with Crippen molar-refractivity contribution in [3.8, 4) is 17.1 Å². The van der Waals surface area contributed by atoms with Crippen LogP contribution in [0, 0.1) is 5.92 Å². The monoisotopic (exact) mass is 523 g/mol. The lowest BCUT2D eigenvalue weighted by atomic mass is 9.87. The van der Waals surface area contributed by atoms with Gasteiger partial charge in [0, 0.05) is 19.2 Å². The Morgan fingerprint density at radius 3 is 2.73 bits per heavy atom. The molecule has 1 atom stereocenters. The number of aromatic nitrogens is 2. The minimum absolute atomic E-state index is 0.00149. The number of methoxy groups -OCH3 is 1. The number of hydrogen-bond acceptors (Lipinski definition) is 6. The quantitative estimate of drug-likeness (QED) is 0.390. The molecular weight excluding hydrogens is 491 g/mol. The number of halogens is 3. The van der Waals surface area contributed by atoms with E-state index in [1.165, 1.54) is 38.5 Å². The van der Waals surface area contributed by atoms with E-state index in [-0.39, 0.29) is 42.2 Å². The number of carbonyl (C=O) groups excluding carboxylic acids is 1. The molecule has 2 heterocycles. The number of nitrogens with two attached hydrogens (primary N) is 1. The summed E-state index contributed by atoms with van der Waals surface area (Å²) in [6, 6.07) is 3.34. The zero-order valence-corrected chi connectivity index (χ0v) is 20.8. The number of ether oxygens (including phenoxy) is 2. The zero-order valence-electron chi connectivity index (χ0n) is 20.8. The first-order valence-electron chi connectivity index (χ1n) is 12.6. The van der Waals surface area contributed by atoms with Crippen molar-refractivity contribution in [2.24, 2.45) is 16.6 Å². The summed E-state index contributed by atoms with van der Waals surface area (Å²) in [7, 11) is 1.38. The van der Waals surface area contributed by atoms with Gasteiger partial charge in [0.05, 0.1) is 12.2 Å². The first-order valence-corrected chi connectivity index (χ1v) is 12.6. The summed E-state index contributed by atoms with van der Waals surface area (Å²) in [6.07, 6.45) is 3.26. The predicted molar refractivity (Wildman–Crippen MR) is 129 cm³/mol. The van der Waals surface area contributed by atoms with E-state index in [0.29, 0.717) is 18.9 Å². The number of carbonyl (C=O) groups is 1. The Morgan fingerprint density at radius 2 is 2.00 bits per heavy atom. The number of likely N-dealkylation sites (tertiary alicyclic amines) is 1. The molecule has 1 aromatic carbocycles. The van der Waals surface area contributed by atoms with Crippen molar-refractivity contribution in [3.05, 3.63) is 29.7 Å². The normalized spacial score (nSPS) is 19.4. The van der Waals surface area contributed by atoms with E-state index >= 15 is 0 Å². The number of rotatable bonds is 8. The molecular formula is C25H32F3N5O4. The van der Waals surface area contributed by atoms with E-state index < -0.39 is 23.7 Å². The third kappa shape index (κ3) is 6.79. The van der Waals surface area contributed by atoms with Gasteiger partial charge in [-0.05, 0) is 43.4 Å². The average Bonchev–Trinajstić information content (AvgIpc) is 3.54. The van der Waals surface area contributed by atoms with Crippen molar-refractivity contribution < 1.29 is 32.0 Å². The third-order valence-electron chi connectivity index (χ3n) is 6.83. The highest BCUT2D eigenvalue weighted by Gasteiger charge is 2.36. The Hall–Kier alpha value is -3.15. The summed E-state index contributed by atoms with van der Waals surface area (Å²) in [6.45, 7) is 0.557. The first kappa shape index (κ1) is 26.9. The maximum Gasteiger partial charge on any atom is 0.419 e. The first-order chi connectivity index (χ1) is 17.8. The fourth-order valence-electron chi connectivity index (χ4n) is 4.96. The number of aliphatic imine (C=N–C) groups is 1. The minimum atomic E-state index is -4.61. The van der Waals surface area contributed by atoms with Gasteiger partial charge in [0.25, 0.3) is 5.91 Å². The van der Waals surface area contributed by atoms with Crippen LogP contribution in [0.5, 0.6) is 5.75 Å². The van der Waals surface area contributed by atoms with Gasteiger partial charge in [0.15, 0.2) is 5.96 Å². The van der Waals surface area contributed by atoms with Crippen LogP contribution >= 0.6 is 0 Å². The van der Waals surface area contributed by atoms with Gasteiger partial charge in [-0.15, -0.1) is 0 Å². The van der Waals surface area contributed by atoms with Crippen molar-refractivity contribution in [1.29, 1.82) is 0 Å². The molecule has 1 saturated carbocycles. The van der Waals surface area contributed by atoms with E-state index in [0.717, 1.165) is 31.7 Å². The molecule has 4 rings (SSSR count). The molecule has 2 N–H and O–H groups in total. The largest absolute Gasteiger partial charge is 0.493 e. The Balaban J connectivity index is 1.49. The topological polar surface area (TPSA) is 116 Å². The van der Waals surface area contributed by atoms with Crippen LogP contribution in [-0.4, -0.2) is 53.8 Å². The second-order valence-electron chi connectivity index (χ2n) is 9.45. The van der Waals surface area contributed by atoms with E-state index in [1.807, 2.05) is 0 Å². The predicted octanol–water partition coefficient (Wildman–Crippen LogP) is 4.73. The van der Waals surface area contributed by atoms with E-state index in [9.17, 15) is 18.0 Å². The van der Waals surface area contributed by atoms with Crippen molar-refractivity contribution >= 4 is 11.9 Å². The third-order valence-corrected chi connectivity index (χ3v) is 6.83. The second kappa shape index (κ2) is 11.9. The van der Waals surface area contributed by atoms with Crippen LogP contribution in [0.3, 0.4) is 0 Å². The van der Waals surface area contributed by atoms with Crippen LogP contribution in [0.15, 0.2) is 27.7 Å². The van der Waals surface area contributed by atoms with Gasteiger partial charge in [0.1, 0.15) is 18.4 Å². The lowest BCUT2D eigenvalue weighted by Gasteiger charge is -2.22. The molecule has 1 amide bonds. The lowest BCUT2D eigenvalue weighted by molar-refractivity contribution is -0.139. The summed E-state index contributed by atoms with van der Waals surface area (Å²) in [5.41, 5.74) is 5.28. The Bertz CT molecular complexity index is 1100. The summed E-state index contributed by atoms with van der Waals surface area (Å²) < 4.78 is 57.3. The van der Waals surface area contributed by atoms with Crippen LogP contribution in [0.4, 0.5) is 13.2 Å². The zero-order chi connectivity index (χ0) is 26.4. The van der Waals surface area contributed by atoms with Crippen molar-refractivity contribution in [2.45, 2.75) is 63.6 Å². The molecule has 202 valence electrons. The Labute approximate surface area is 213 Å². The number of alkyl halides is 3. The van der Waals surface area contributed by atoms with E-state index in [4.69, 9.17) is 19.7 Å². The molecule has 0 spiro atoms. The van der Waals surface area contributed by atoms with Crippen LogP contribution in [0.25, 0.3) is 11.4 Å². The summed E-state index contributed by atoms with van der Waals surface area (Å²) in [4.78, 5) is 21.6. The molecule has 2 aliphatic rings. The number of benzene rings is 1. The average molecular weight is 524 g/mol. The van der Waals surface area contributed by atoms with E-state index in [1.54, 1.807) is 4.90 Å². The number of hydrogen-bond donors (Lipinski definition) is 1. The molecule has 0 unspecified atom stereocenters. The van der Waals surface area contributed by atoms with Gasteiger partial charge < -0.3 is 24.6 Å². The van der Waals surface area contributed by atoms with Crippen molar-refractivity contribution in [3.63, 3.8) is 0 Å². The highest BCUT2D eigenvalue weighted by atomic mass is 19.4. The standard InChI is InChI=1S/C25H32F3N5O4/c1-35-15-21(34)30-24(29)33-12-5-8-19(33)23-31-22(32-37-23)17-9-10-20(18(14-17)25(26,27)28)36-13-11-16-6-3-2-4-7-16/h9-10,14,16,19H,2-8,11-13,15H2,1H3,(H2,29,30,34)/t19-/m0/s1. The van der Waals surface area contributed by atoms with E-state index in [2.05, 4.69) is 15.1 Å². The molecule has 1 aliphatic heterocycles. The molecule has 1 aliphatic carbocycles. The SMILES string of the molecule is COCC(=O)N=C(N)N1CCC[C@H]1c1nc(-c2ccc(OCCC3CCCCC3)c(C(F)(F)F)c2)no1. The number of amides is 1. The smallest absolute Gasteiger partial charge is 0.419 e. The molecule has 12 heteroatoms. The maximum atomic E-state index is 13.9. The molecule has 37 heavy (non-hydrogen) atoms. The van der Waals surface area contributed by atoms with Crippen LogP contribution in [-0.2, 0) is 15.7 Å². The van der Waals surface area contributed by atoms with Gasteiger partial charge in [-0.2, -0.15) is 23.1 Å². The highest BCUT2D eigenvalue weighted by molar-refractivity contribution is 5.93. The molecule has 2 aromatic rings. The molecule has 0 bridgehead atoms. The number of nitrogens with zero attached hydrogens (tertiary/aromatic N) is 4. The van der Waals surface area contributed by atoms with Crippen molar-refractivity contribution in [1.82, 2.24) is 15.0 Å². The molecule has 1 saturated heterocycles. The van der Waals surface area contributed by atoms with Gasteiger partial charge >= 0.3 is 6.18 Å². The van der Waals surface area contributed by atoms with Gasteiger partial charge in [0.2, 0.25) is 11.7 Å². The summed E-state index contributed by atoms with van der Waals surface area (Å²) in [5, 5.41) is 3.90. The summed E-state index contributed by atoms with van der Waals surface area (Å²) in [5.74, 6) is -0.0239. The lowest BCUT2D eigenvalue weighted by Crippen LogP contribution is -2.37. The molecule has 9 nitrogen and oxygen atoms in total. The number of guanidine groups is 1.